The highest BCUT2D eigenvalue weighted by Crippen LogP contribution is 2.10. The van der Waals surface area contributed by atoms with Crippen molar-refractivity contribution in [3.05, 3.63) is 0 Å². The largest absolute Gasteiger partial charge is 0.480 e. The molecule has 1 amide bonds. The summed E-state index contributed by atoms with van der Waals surface area (Å²) in [4.78, 5) is 22.8. The maximum Gasteiger partial charge on any atom is 0.326 e. The average Bonchev–Trinajstić information content (AvgIpc) is 2.49. The Labute approximate surface area is 139 Å². The lowest BCUT2D eigenvalue weighted by Gasteiger charge is -2.13. The SMILES string of the molecule is CCCCCCCCCCCC(=O)NC(CCSC)C(=O)O. The molecular weight excluding hydrogens is 298 g/mol. The fourth-order valence-corrected chi connectivity index (χ4v) is 2.83. The average molecular weight is 332 g/mol. The number of amides is 1. The molecule has 0 rings (SSSR count). The van der Waals surface area contributed by atoms with Crippen LogP contribution in [0.3, 0.4) is 0 Å². The van der Waals surface area contributed by atoms with Crippen molar-refractivity contribution >= 4 is 23.6 Å². The lowest BCUT2D eigenvalue weighted by Crippen LogP contribution is -2.41. The second-order valence-electron chi connectivity index (χ2n) is 5.82. The van der Waals surface area contributed by atoms with Crippen molar-refractivity contribution in [3.8, 4) is 0 Å². The first kappa shape index (κ1) is 21.3. The Morgan fingerprint density at radius 1 is 1.00 bits per heavy atom. The van der Waals surface area contributed by atoms with Gasteiger partial charge in [0.15, 0.2) is 0 Å². The molecule has 0 radical (unpaired) electrons. The van der Waals surface area contributed by atoms with Gasteiger partial charge >= 0.3 is 5.97 Å². The van der Waals surface area contributed by atoms with E-state index in [0.29, 0.717) is 12.8 Å². The summed E-state index contributed by atoms with van der Waals surface area (Å²) in [6.07, 6.45) is 13.8. The summed E-state index contributed by atoms with van der Waals surface area (Å²) in [5.74, 6) is -0.319. The van der Waals surface area contributed by atoms with Gasteiger partial charge in [-0.05, 0) is 24.9 Å². The van der Waals surface area contributed by atoms with Crippen LogP contribution in [0.1, 0.15) is 77.6 Å². The monoisotopic (exact) mass is 331 g/mol. The van der Waals surface area contributed by atoms with Crippen molar-refractivity contribution in [2.24, 2.45) is 0 Å². The number of nitrogens with one attached hydrogen (secondary N) is 1. The molecule has 2 N–H and O–H groups in total. The third kappa shape index (κ3) is 13.0. The standard InChI is InChI=1S/C17H33NO3S/c1-3-4-5-6-7-8-9-10-11-12-16(19)18-15(17(20)21)13-14-22-2/h15H,3-14H2,1-2H3,(H,18,19)(H,20,21). The van der Waals surface area contributed by atoms with Gasteiger partial charge in [0.05, 0.1) is 0 Å². The number of rotatable bonds is 15. The zero-order chi connectivity index (χ0) is 16.6. The minimum Gasteiger partial charge on any atom is -0.480 e. The van der Waals surface area contributed by atoms with Gasteiger partial charge in [0.1, 0.15) is 6.04 Å². The van der Waals surface area contributed by atoms with Crippen molar-refractivity contribution in [2.45, 2.75) is 83.6 Å². The van der Waals surface area contributed by atoms with E-state index in [1.165, 1.54) is 44.9 Å². The summed E-state index contributed by atoms with van der Waals surface area (Å²) in [7, 11) is 0. The number of unbranched alkanes of at least 4 members (excludes halogenated alkanes) is 8. The van der Waals surface area contributed by atoms with Gasteiger partial charge in [-0.1, -0.05) is 58.3 Å². The molecule has 0 spiro atoms. The Hall–Kier alpha value is -0.710. The molecule has 1 atom stereocenters. The minimum absolute atomic E-state index is 0.128. The molecule has 0 aliphatic rings. The molecule has 4 nitrogen and oxygen atoms in total. The quantitative estimate of drug-likeness (QED) is 0.441. The zero-order valence-electron chi connectivity index (χ0n) is 14.2. The van der Waals surface area contributed by atoms with E-state index in [0.717, 1.165) is 18.6 Å². The van der Waals surface area contributed by atoms with Crippen LogP contribution in [0.15, 0.2) is 0 Å². The highest BCUT2D eigenvalue weighted by molar-refractivity contribution is 7.98. The number of hydrogen-bond donors (Lipinski definition) is 2. The summed E-state index contributed by atoms with van der Waals surface area (Å²) >= 11 is 1.59. The van der Waals surface area contributed by atoms with Gasteiger partial charge in [0, 0.05) is 6.42 Å². The molecule has 130 valence electrons. The Bertz CT molecular complexity index is 298. The van der Waals surface area contributed by atoms with E-state index in [1.807, 2.05) is 6.26 Å². The molecule has 5 heteroatoms. The smallest absolute Gasteiger partial charge is 0.326 e. The molecule has 0 aliphatic carbocycles. The number of carbonyl (C=O) groups is 2. The number of aliphatic carboxylic acids is 1. The van der Waals surface area contributed by atoms with Crippen LogP contribution in [0.5, 0.6) is 0 Å². The third-order valence-corrected chi connectivity index (χ3v) is 4.40. The van der Waals surface area contributed by atoms with E-state index in [9.17, 15) is 9.59 Å². The molecule has 0 aromatic rings. The third-order valence-electron chi connectivity index (χ3n) is 3.75. The predicted molar refractivity (Wildman–Crippen MR) is 94.4 cm³/mol. The summed E-state index contributed by atoms with van der Waals surface area (Å²) < 4.78 is 0. The van der Waals surface area contributed by atoms with E-state index in [2.05, 4.69) is 12.2 Å². The molecular formula is C17H33NO3S. The first-order chi connectivity index (χ1) is 10.6. The van der Waals surface area contributed by atoms with Crippen LogP contribution in [0.2, 0.25) is 0 Å². The van der Waals surface area contributed by atoms with Crippen molar-refractivity contribution < 1.29 is 14.7 Å². The van der Waals surface area contributed by atoms with E-state index < -0.39 is 12.0 Å². The lowest BCUT2D eigenvalue weighted by atomic mass is 10.1. The highest BCUT2D eigenvalue weighted by atomic mass is 32.2. The van der Waals surface area contributed by atoms with Crippen LogP contribution in [-0.4, -0.2) is 35.0 Å². The molecule has 0 aromatic carbocycles. The fraction of sp³-hybridized carbons (Fsp3) is 0.882. The highest BCUT2D eigenvalue weighted by Gasteiger charge is 2.18. The first-order valence-corrected chi connectivity index (χ1v) is 10.0. The number of carbonyl (C=O) groups excluding carboxylic acids is 1. The maximum absolute atomic E-state index is 11.7. The van der Waals surface area contributed by atoms with Crippen LogP contribution < -0.4 is 5.32 Å². The van der Waals surface area contributed by atoms with E-state index >= 15 is 0 Å². The van der Waals surface area contributed by atoms with Gasteiger partial charge in [0.25, 0.3) is 0 Å². The van der Waals surface area contributed by atoms with Gasteiger partial charge in [0.2, 0.25) is 5.91 Å². The summed E-state index contributed by atoms with van der Waals surface area (Å²) in [6, 6.07) is -0.737. The zero-order valence-corrected chi connectivity index (χ0v) is 15.1. The molecule has 0 heterocycles. The minimum atomic E-state index is -0.936. The van der Waals surface area contributed by atoms with Crippen LogP contribution >= 0.6 is 11.8 Å². The number of carboxylic acids is 1. The molecule has 0 saturated carbocycles. The molecule has 0 aromatic heterocycles. The number of hydrogen-bond acceptors (Lipinski definition) is 3. The summed E-state index contributed by atoms with van der Waals surface area (Å²) in [5.41, 5.74) is 0. The van der Waals surface area contributed by atoms with E-state index in [1.54, 1.807) is 11.8 Å². The Morgan fingerprint density at radius 2 is 1.55 bits per heavy atom. The van der Waals surface area contributed by atoms with Gasteiger partial charge in [-0.3, -0.25) is 4.79 Å². The van der Waals surface area contributed by atoms with Gasteiger partial charge in [-0.15, -0.1) is 0 Å². The summed E-state index contributed by atoms with van der Waals surface area (Å²) in [5, 5.41) is 11.7. The van der Waals surface area contributed by atoms with E-state index in [-0.39, 0.29) is 5.91 Å². The van der Waals surface area contributed by atoms with Crippen molar-refractivity contribution in [2.75, 3.05) is 12.0 Å². The molecule has 0 aliphatic heterocycles. The fourth-order valence-electron chi connectivity index (χ4n) is 2.36. The molecule has 22 heavy (non-hydrogen) atoms. The topological polar surface area (TPSA) is 66.4 Å². The Morgan fingerprint density at radius 3 is 2.05 bits per heavy atom. The van der Waals surface area contributed by atoms with Gasteiger partial charge in [-0.25, -0.2) is 4.79 Å². The second-order valence-corrected chi connectivity index (χ2v) is 6.80. The van der Waals surface area contributed by atoms with Crippen LogP contribution in [0.25, 0.3) is 0 Å². The number of thioether (sulfide) groups is 1. The van der Waals surface area contributed by atoms with Gasteiger partial charge < -0.3 is 10.4 Å². The van der Waals surface area contributed by atoms with Crippen LogP contribution in [0.4, 0.5) is 0 Å². The summed E-state index contributed by atoms with van der Waals surface area (Å²) in [6.45, 7) is 2.22. The van der Waals surface area contributed by atoms with E-state index in [4.69, 9.17) is 5.11 Å². The van der Waals surface area contributed by atoms with Crippen molar-refractivity contribution in [1.82, 2.24) is 5.32 Å². The number of carboxylic acid groups (broad SMARTS) is 1. The predicted octanol–water partition coefficient (Wildman–Crippen LogP) is 4.23. The molecule has 0 saturated heterocycles. The Balaban J connectivity index is 3.57. The molecule has 1 unspecified atom stereocenters. The molecule has 0 bridgehead atoms. The van der Waals surface area contributed by atoms with Crippen molar-refractivity contribution in [1.29, 1.82) is 0 Å². The van der Waals surface area contributed by atoms with Crippen LogP contribution in [-0.2, 0) is 9.59 Å². The first-order valence-electron chi connectivity index (χ1n) is 8.63. The maximum atomic E-state index is 11.7. The van der Waals surface area contributed by atoms with Crippen molar-refractivity contribution in [3.63, 3.8) is 0 Å². The van der Waals surface area contributed by atoms with Crippen LogP contribution in [0, 0.1) is 0 Å². The normalized spacial score (nSPS) is 12.1. The lowest BCUT2D eigenvalue weighted by molar-refractivity contribution is -0.141. The second kappa shape index (κ2) is 15.2. The molecule has 0 fully saturated rings. The van der Waals surface area contributed by atoms with Gasteiger partial charge in [-0.2, -0.15) is 11.8 Å². The Kier molecular flexibility index (Phi) is 14.7.